The summed E-state index contributed by atoms with van der Waals surface area (Å²) in [4.78, 5) is 17.3. The van der Waals surface area contributed by atoms with Gasteiger partial charge < -0.3 is 25.0 Å². The SMILES string of the molecule is CCOCCCCNC(=NC)NCc1cccc(OCC(=O)N(C)C)c1. The summed E-state index contributed by atoms with van der Waals surface area (Å²) in [7, 11) is 5.17. The molecule has 2 N–H and O–H groups in total. The molecule has 0 fully saturated rings. The number of hydrogen-bond donors (Lipinski definition) is 2. The molecule has 0 heterocycles. The second kappa shape index (κ2) is 13.0. The van der Waals surface area contributed by atoms with Gasteiger partial charge in [-0.05, 0) is 37.5 Å². The van der Waals surface area contributed by atoms with Crippen molar-refractivity contribution in [2.75, 3.05) is 47.5 Å². The standard InChI is InChI=1S/C19H32N4O3/c1-5-25-12-7-6-11-21-19(20-2)22-14-16-9-8-10-17(13-16)26-15-18(24)23(3)4/h8-10,13H,5-7,11-12,14-15H2,1-4H3,(H2,20,21,22). The number of ether oxygens (including phenoxy) is 2. The minimum atomic E-state index is -0.0672. The first kappa shape index (κ1) is 21.8. The van der Waals surface area contributed by atoms with Gasteiger partial charge in [0.05, 0.1) is 0 Å². The zero-order valence-corrected chi connectivity index (χ0v) is 16.4. The molecule has 0 radical (unpaired) electrons. The van der Waals surface area contributed by atoms with Crippen LogP contribution < -0.4 is 15.4 Å². The average molecular weight is 364 g/mol. The summed E-state index contributed by atoms with van der Waals surface area (Å²) in [5.74, 6) is 1.37. The van der Waals surface area contributed by atoms with E-state index in [1.54, 1.807) is 21.1 Å². The third-order valence-electron chi connectivity index (χ3n) is 3.66. The van der Waals surface area contributed by atoms with Crippen molar-refractivity contribution in [3.05, 3.63) is 29.8 Å². The Hall–Kier alpha value is -2.28. The molecule has 0 unspecified atom stereocenters. The summed E-state index contributed by atoms with van der Waals surface area (Å²) in [6.07, 6.45) is 2.06. The molecule has 0 bridgehead atoms. The highest BCUT2D eigenvalue weighted by molar-refractivity contribution is 5.79. The third kappa shape index (κ3) is 9.27. The molecule has 0 aromatic heterocycles. The number of carbonyl (C=O) groups excluding carboxylic acids is 1. The Morgan fingerprint density at radius 1 is 1.23 bits per heavy atom. The highest BCUT2D eigenvalue weighted by Crippen LogP contribution is 2.13. The number of nitrogens with one attached hydrogen (secondary N) is 2. The van der Waals surface area contributed by atoms with Crippen LogP contribution in [0.1, 0.15) is 25.3 Å². The Morgan fingerprint density at radius 2 is 2.04 bits per heavy atom. The van der Waals surface area contributed by atoms with Crippen LogP contribution in [0.2, 0.25) is 0 Å². The van der Waals surface area contributed by atoms with Gasteiger partial charge in [0.25, 0.3) is 5.91 Å². The van der Waals surface area contributed by atoms with E-state index in [1.165, 1.54) is 4.90 Å². The summed E-state index contributed by atoms with van der Waals surface area (Å²) >= 11 is 0. The molecule has 0 saturated carbocycles. The Bertz CT molecular complexity index is 561. The lowest BCUT2D eigenvalue weighted by Crippen LogP contribution is -2.37. The fourth-order valence-electron chi connectivity index (χ4n) is 2.11. The van der Waals surface area contributed by atoms with E-state index in [-0.39, 0.29) is 12.5 Å². The maximum absolute atomic E-state index is 11.6. The molecule has 1 rings (SSSR count). The van der Waals surface area contributed by atoms with Crippen molar-refractivity contribution in [3.8, 4) is 5.75 Å². The van der Waals surface area contributed by atoms with E-state index in [2.05, 4.69) is 15.6 Å². The van der Waals surface area contributed by atoms with Gasteiger partial charge in [0.15, 0.2) is 12.6 Å². The maximum Gasteiger partial charge on any atom is 0.259 e. The molecule has 0 saturated heterocycles. The van der Waals surface area contributed by atoms with Crippen molar-refractivity contribution in [2.24, 2.45) is 4.99 Å². The molecule has 0 atom stereocenters. The number of likely N-dealkylation sites (N-methyl/N-ethyl adjacent to an activating group) is 1. The van der Waals surface area contributed by atoms with Crippen LogP contribution in [0, 0.1) is 0 Å². The molecular formula is C19H32N4O3. The van der Waals surface area contributed by atoms with Crippen LogP contribution in [0.5, 0.6) is 5.75 Å². The minimum absolute atomic E-state index is 0.0366. The van der Waals surface area contributed by atoms with Gasteiger partial charge in [0, 0.05) is 47.4 Å². The maximum atomic E-state index is 11.6. The van der Waals surface area contributed by atoms with E-state index in [0.717, 1.165) is 44.1 Å². The van der Waals surface area contributed by atoms with Crippen LogP contribution in [-0.2, 0) is 16.1 Å². The molecule has 0 aliphatic carbocycles. The number of hydrogen-bond acceptors (Lipinski definition) is 4. The van der Waals surface area contributed by atoms with Gasteiger partial charge in [-0.2, -0.15) is 0 Å². The van der Waals surface area contributed by atoms with Gasteiger partial charge in [0.1, 0.15) is 5.75 Å². The molecule has 1 amide bonds. The van der Waals surface area contributed by atoms with Crippen LogP contribution in [0.15, 0.2) is 29.3 Å². The largest absolute Gasteiger partial charge is 0.484 e. The molecule has 1 aromatic rings. The number of rotatable bonds is 11. The number of unbranched alkanes of at least 4 members (excludes halogenated alkanes) is 1. The number of benzene rings is 1. The van der Waals surface area contributed by atoms with E-state index in [9.17, 15) is 4.79 Å². The molecule has 7 heteroatoms. The van der Waals surface area contributed by atoms with E-state index in [1.807, 2.05) is 31.2 Å². The van der Waals surface area contributed by atoms with E-state index in [4.69, 9.17) is 9.47 Å². The predicted octanol–water partition coefficient (Wildman–Crippen LogP) is 1.64. The monoisotopic (exact) mass is 364 g/mol. The van der Waals surface area contributed by atoms with Crippen molar-refractivity contribution < 1.29 is 14.3 Å². The van der Waals surface area contributed by atoms with Gasteiger partial charge >= 0.3 is 0 Å². The molecular weight excluding hydrogens is 332 g/mol. The van der Waals surface area contributed by atoms with Crippen molar-refractivity contribution in [1.29, 1.82) is 0 Å². The smallest absolute Gasteiger partial charge is 0.259 e. The number of amides is 1. The highest BCUT2D eigenvalue weighted by Gasteiger charge is 2.05. The molecule has 26 heavy (non-hydrogen) atoms. The molecule has 0 spiro atoms. The van der Waals surface area contributed by atoms with Crippen LogP contribution >= 0.6 is 0 Å². The molecule has 146 valence electrons. The summed E-state index contributed by atoms with van der Waals surface area (Å²) < 4.78 is 10.9. The van der Waals surface area contributed by atoms with Gasteiger partial charge in [-0.1, -0.05) is 12.1 Å². The normalized spacial score (nSPS) is 11.2. The van der Waals surface area contributed by atoms with E-state index in [0.29, 0.717) is 12.3 Å². The van der Waals surface area contributed by atoms with Gasteiger partial charge in [-0.3, -0.25) is 9.79 Å². The van der Waals surface area contributed by atoms with Crippen LogP contribution in [-0.4, -0.2) is 64.3 Å². The average Bonchev–Trinajstić information content (AvgIpc) is 2.65. The first-order valence-electron chi connectivity index (χ1n) is 9.01. The Labute approximate surface area is 156 Å². The highest BCUT2D eigenvalue weighted by atomic mass is 16.5. The molecule has 0 aliphatic rings. The fourth-order valence-corrected chi connectivity index (χ4v) is 2.11. The first-order chi connectivity index (χ1) is 12.6. The number of aliphatic imine (C=N–C) groups is 1. The lowest BCUT2D eigenvalue weighted by molar-refractivity contribution is -0.130. The summed E-state index contributed by atoms with van der Waals surface area (Å²) in [6.45, 7) is 5.08. The zero-order valence-electron chi connectivity index (χ0n) is 16.4. The van der Waals surface area contributed by atoms with Crippen molar-refractivity contribution in [3.63, 3.8) is 0 Å². The summed E-state index contributed by atoms with van der Waals surface area (Å²) in [5.41, 5.74) is 1.05. The van der Waals surface area contributed by atoms with Crippen LogP contribution in [0.3, 0.4) is 0 Å². The van der Waals surface area contributed by atoms with Crippen LogP contribution in [0.25, 0.3) is 0 Å². The zero-order chi connectivity index (χ0) is 19.2. The lowest BCUT2D eigenvalue weighted by Gasteiger charge is -2.13. The van der Waals surface area contributed by atoms with E-state index < -0.39 is 0 Å². The predicted molar refractivity (Wildman–Crippen MR) is 105 cm³/mol. The molecule has 0 aliphatic heterocycles. The van der Waals surface area contributed by atoms with Crippen LogP contribution in [0.4, 0.5) is 0 Å². The Kier molecular flexibility index (Phi) is 10.9. The number of carbonyl (C=O) groups is 1. The third-order valence-corrected chi connectivity index (χ3v) is 3.66. The second-order valence-electron chi connectivity index (χ2n) is 5.98. The number of guanidine groups is 1. The quantitative estimate of drug-likeness (QED) is 0.355. The summed E-state index contributed by atoms with van der Waals surface area (Å²) in [5, 5.41) is 6.56. The Balaban J connectivity index is 2.36. The second-order valence-corrected chi connectivity index (χ2v) is 5.98. The van der Waals surface area contributed by atoms with Gasteiger partial charge in [-0.15, -0.1) is 0 Å². The van der Waals surface area contributed by atoms with Crippen molar-refractivity contribution >= 4 is 11.9 Å². The lowest BCUT2D eigenvalue weighted by atomic mass is 10.2. The van der Waals surface area contributed by atoms with Crippen molar-refractivity contribution in [2.45, 2.75) is 26.3 Å². The minimum Gasteiger partial charge on any atom is -0.484 e. The summed E-state index contributed by atoms with van der Waals surface area (Å²) in [6, 6.07) is 7.68. The topological polar surface area (TPSA) is 75.2 Å². The van der Waals surface area contributed by atoms with Crippen molar-refractivity contribution in [1.82, 2.24) is 15.5 Å². The van der Waals surface area contributed by atoms with E-state index >= 15 is 0 Å². The number of nitrogens with zero attached hydrogens (tertiary/aromatic N) is 2. The Morgan fingerprint density at radius 3 is 2.73 bits per heavy atom. The van der Waals surface area contributed by atoms with Gasteiger partial charge in [0.2, 0.25) is 0 Å². The van der Waals surface area contributed by atoms with Gasteiger partial charge in [-0.25, -0.2) is 0 Å². The first-order valence-corrected chi connectivity index (χ1v) is 9.01. The molecule has 1 aromatic carbocycles. The fraction of sp³-hybridized carbons (Fsp3) is 0.579. The molecule has 7 nitrogen and oxygen atoms in total.